The first-order valence-electron chi connectivity index (χ1n) is 3.66. The van der Waals surface area contributed by atoms with Gasteiger partial charge in [-0.3, -0.25) is 0 Å². The number of nitrogens with zero attached hydrogens (tertiary/aromatic N) is 1. The van der Waals surface area contributed by atoms with Crippen molar-refractivity contribution in [1.29, 1.82) is 0 Å². The van der Waals surface area contributed by atoms with Crippen molar-refractivity contribution in [3.8, 4) is 0 Å². The van der Waals surface area contributed by atoms with Crippen LogP contribution in [-0.2, 0) is 4.79 Å². The van der Waals surface area contributed by atoms with Crippen LogP contribution in [0.1, 0.15) is 11.3 Å². The van der Waals surface area contributed by atoms with E-state index < -0.39 is 0 Å². The number of aromatic nitrogens is 1. The van der Waals surface area contributed by atoms with E-state index in [1.807, 2.05) is 13.0 Å². The van der Waals surface area contributed by atoms with Gasteiger partial charge in [0.1, 0.15) is 0 Å². The minimum atomic E-state index is -0.127. The summed E-state index contributed by atoms with van der Waals surface area (Å²) in [4.78, 5) is 15.2. The maximum atomic E-state index is 11.1. The van der Waals surface area contributed by atoms with E-state index in [1.165, 1.54) is 0 Å². The van der Waals surface area contributed by atoms with Gasteiger partial charge in [-0.1, -0.05) is 0 Å². The molecule has 2 rings (SSSR count). The Morgan fingerprint density at radius 3 is 3.08 bits per heavy atom. The molecule has 0 saturated heterocycles. The van der Waals surface area contributed by atoms with Gasteiger partial charge in [-0.2, -0.15) is 0 Å². The number of hydrogen-bond acceptors (Lipinski definition) is 2. The predicted molar refractivity (Wildman–Crippen MR) is 48.9 cm³/mol. The Kier molecular flexibility index (Phi) is 1.36. The van der Waals surface area contributed by atoms with Gasteiger partial charge in [-0.15, -0.1) is 0 Å². The average Bonchev–Trinajstić information content (AvgIpc) is 2.28. The molecule has 0 unspecified atom stereocenters. The molecule has 2 heterocycles. The van der Waals surface area contributed by atoms with Gasteiger partial charge in [0, 0.05) is 0 Å². The molecule has 0 aromatic carbocycles. The SMILES string of the molecule is B=C1C(=O)Nc2cc(C)ncc21. The summed E-state index contributed by atoms with van der Waals surface area (Å²) < 4.78 is 0. The third-order valence-corrected chi connectivity index (χ3v) is 1.89. The van der Waals surface area contributed by atoms with Crippen molar-refractivity contribution in [2.45, 2.75) is 6.92 Å². The Morgan fingerprint density at radius 1 is 1.58 bits per heavy atom. The van der Waals surface area contributed by atoms with Gasteiger partial charge in [-0.25, -0.2) is 0 Å². The monoisotopic (exact) mass is 158 g/mol. The standard InChI is InChI=1S/C8H7BN2O/c1-4-2-6-5(3-10-4)7(9)8(12)11-6/h2-3,9H,1H3,(H,11,12). The van der Waals surface area contributed by atoms with Crippen LogP contribution in [0.2, 0.25) is 0 Å². The fourth-order valence-corrected chi connectivity index (χ4v) is 1.22. The molecule has 0 atom stereocenters. The zero-order valence-electron chi connectivity index (χ0n) is 6.72. The Balaban J connectivity index is 2.62. The van der Waals surface area contributed by atoms with Crippen LogP contribution in [0.15, 0.2) is 12.3 Å². The summed E-state index contributed by atoms with van der Waals surface area (Å²) in [5.41, 5.74) is 3.02. The van der Waals surface area contributed by atoms with Gasteiger partial charge in [-0.05, 0) is 0 Å². The Labute approximate surface area is 70.9 Å². The molecule has 1 aromatic heterocycles. The summed E-state index contributed by atoms with van der Waals surface area (Å²) in [7, 11) is 3.65. The summed E-state index contributed by atoms with van der Waals surface area (Å²) in [6.07, 6.45) is 1.67. The quantitative estimate of drug-likeness (QED) is 0.529. The number of fused-ring (bicyclic) bond motifs is 1. The van der Waals surface area contributed by atoms with Crippen molar-refractivity contribution < 1.29 is 4.79 Å². The molecule has 1 N–H and O–H groups in total. The van der Waals surface area contributed by atoms with Gasteiger partial charge in [0.05, 0.1) is 0 Å². The molecular weight excluding hydrogens is 151 g/mol. The molecule has 12 heavy (non-hydrogen) atoms. The summed E-state index contributed by atoms with van der Waals surface area (Å²) >= 11 is 0. The second-order valence-electron chi connectivity index (χ2n) is 2.80. The van der Waals surface area contributed by atoms with Crippen molar-refractivity contribution >= 4 is 24.5 Å². The summed E-state index contributed by atoms with van der Waals surface area (Å²) in [6, 6.07) is 1.84. The average molecular weight is 158 g/mol. The number of carbonyl (C=O) groups is 1. The molecule has 3 nitrogen and oxygen atoms in total. The molecule has 0 bridgehead atoms. The van der Waals surface area contributed by atoms with Crippen LogP contribution < -0.4 is 5.32 Å². The Morgan fingerprint density at radius 2 is 2.33 bits per heavy atom. The molecule has 58 valence electrons. The van der Waals surface area contributed by atoms with Gasteiger partial charge in [0.25, 0.3) is 0 Å². The first-order valence-corrected chi connectivity index (χ1v) is 3.66. The van der Waals surface area contributed by atoms with E-state index in [0.29, 0.717) is 5.46 Å². The van der Waals surface area contributed by atoms with E-state index >= 15 is 0 Å². The van der Waals surface area contributed by atoms with Crippen molar-refractivity contribution in [3.63, 3.8) is 0 Å². The van der Waals surface area contributed by atoms with E-state index in [9.17, 15) is 4.79 Å². The van der Waals surface area contributed by atoms with Crippen LogP contribution in [0.25, 0.3) is 0 Å². The van der Waals surface area contributed by atoms with Gasteiger partial charge in [0.2, 0.25) is 0 Å². The van der Waals surface area contributed by atoms with Crippen molar-refractivity contribution in [3.05, 3.63) is 23.5 Å². The summed E-state index contributed by atoms with van der Waals surface area (Å²) in [5, 5.41) is 2.71. The first kappa shape index (κ1) is 7.22. The molecule has 1 aromatic rings. The second kappa shape index (κ2) is 2.27. The number of amides is 1. The van der Waals surface area contributed by atoms with E-state index in [4.69, 9.17) is 0 Å². The Bertz CT molecular complexity index is 387. The number of rotatable bonds is 0. The molecule has 0 fully saturated rings. The third kappa shape index (κ3) is 0.880. The van der Waals surface area contributed by atoms with Crippen molar-refractivity contribution in [1.82, 2.24) is 4.98 Å². The fraction of sp³-hybridized carbons (Fsp3) is 0.125. The van der Waals surface area contributed by atoms with Gasteiger partial charge < -0.3 is 0 Å². The molecule has 1 amide bonds. The molecule has 0 spiro atoms. The topological polar surface area (TPSA) is 42.0 Å². The van der Waals surface area contributed by atoms with E-state index in [2.05, 4.69) is 17.8 Å². The number of hydrogen-bond donors (Lipinski definition) is 1. The number of anilines is 1. The number of nitrogens with one attached hydrogen (secondary N) is 1. The van der Waals surface area contributed by atoms with Crippen LogP contribution in [0.4, 0.5) is 5.69 Å². The van der Waals surface area contributed by atoms with E-state index in [0.717, 1.165) is 16.9 Å². The molecule has 1 aliphatic heterocycles. The summed E-state index contributed by atoms with van der Waals surface area (Å²) in [5.74, 6) is -0.127. The van der Waals surface area contributed by atoms with E-state index in [-0.39, 0.29) is 5.91 Å². The molecule has 0 radical (unpaired) electrons. The van der Waals surface area contributed by atoms with E-state index in [1.54, 1.807) is 6.20 Å². The molecule has 0 aliphatic carbocycles. The number of aryl methyl sites for hydroxylation is 1. The zero-order valence-corrected chi connectivity index (χ0v) is 6.72. The number of carbonyl (C=O) groups excluding carboxylic acids is 1. The van der Waals surface area contributed by atoms with Crippen molar-refractivity contribution in [2.24, 2.45) is 0 Å². The minimum absolute atomic E-state index is 0.127. The summed E-state index contributed by atoms with van der Waals surface area (Å²) in [6.45, 7) is 1.88. The van der Waals surface area contributed by atoms with Gasteiger partial charge in [0.15, 0.2) is 0 Å². The third-order valence-electron chi connectivity index (χ3n) is 1.89. The molecular formula is C8H7BN2O. The molecule has 0 saturated carbocycles. The predicted octanol–water partition coefficient (Wildman–Crippen LogP) is -0.237. The molecule has 4 heteroatoms. The first-order chi connectivity index (χ1) is 5.68. The second-order valence-corrected chi connectivity index (χ2v) is 2.80. The van der Waals surface area contributed by atoms with Crippen LogP contribution in [0, 0.1) is 6.92 Å². The molecule has 1 aliphatic rings. The zero-order chi connectivity index (χ0) is 8.72. The van der Waals surface area contributed by atoms with Crippen LogP contribution in [0.5, 0.6) is 0 Å². The van der Waals surface area contributed by atoms with Crippen molar-refractivity contribution in [2.75, 3.05) is 5.32 Å². The van der Waals surface area contributed by atoms with Crippen LogP contribution in [0.3, 0.4) is 0 Å². The Hall–Kier alpha value is -1.45. The fourth-order valence-electron chi connectivity index (χ4n) is 1.22. The normalized spacial score (nSPS) is 14.3. The maximum absolute atomic E-state index is 11.1. The van der Waals surface area contributed by atoms with Gasteiger partial charge >= 0.3 is 70.1 Å². The van der Waals surface area contributed by atoms with Crippen LogP contribution >= 0.6 is 0 Å². The van der Waals surface area contributed by atoms with Crippen LogP contribution in [-0.4, -0.2) is 23.8 Å². The number of pyridine rings is 1.